The van der Waals surface area contributed by atoms with E-state index in [9.17, 15) is 4.79 Å². The van der Waals surface area contributed by atoms with Crippen LogP contribution in [0.5, 0.6) is 5.75 Å². The normalized spacial score (nSPS) is 10.0. The minimum Gasteiger partial charge on any atom is -0.497 e. The van der Waals surface area contributed by atoms with Crippen molar-refractivity contribution < 1.29 is 9.53 Å². The summed E-state index contributed by atoms with van der Waals surface area (Å²) < 4.78 is 5.08. The maximum absolute atomic E-state index is 12.2. The van der Waals surface area contributed by atoms with E-state index in [1.165, 1.54) is 0 Å². The number of aromatic nitrogens is 1. The first-order valence-electron chi connectivity index (χ1n) is 7.48. The third kappa shape index (κ3) is 3.89. The molecule has 1 aromatic heterocycles. The molecule has 0 bridgehead atoms. The van der Waals surface area contributed by atoms with Crippen LogP contribution in [0.15, 0.2) is 72.9 Å². The number of para-hydroxylation sites is 1. The van der Waals surface area contributed by atoms with Crippen LogP contribution in [0.2, 0.25) is 0 Å². The summed E-state index contributed by atoms with van der Waals surface area (Å²) in [6.45, 7) is 0. The number of anilines is 3. The third-order valence-electron chi connectivity index (χ3n) is 3.42. The second-order valence-corrected chi connectivity index (χ2v) is 5.11. The summed E-state index contributed by atoms with van der Waals surface area (Å²) in [5.41, 5.74) is 2.15. The van der Waals surface area contributed by atoms with Gasteiger partial charge in [0.25, 0.3) is 5.91 Å². The number of carbonyl (C=O) groups excluding carboxylic acids is 1. The van der Waals surface area contributed by atoms with Gasteiger partial charge in [0, 0.05) is 11.3 Å². The number of nitrogens with zero attached hydrogens (tertiary/aromatic N) is 1. The molecule has 2 aromatic carbocycles. The van der Waals surface area contributed by atoms with Crippen LogP contribution in [0.25, 0.3) is 0 Å². The highest BCUT2D eigenvalue weighted by molar-refractivity contribution is 6.04. The summed E-state index contributed by atoms with van der Waals surface area (Å²) in [7, 11) is 1.59. The van der Waals surface area contributed by atoms with Crippen molar-refractivity contribution in [1.82, 2.24) is 4.98 Å². The number of ether oxygens (including phenoxy) is 1. The van der Waals surface area contributed by atoms with Gasteiger partial charge in [0.2, 0.25) is 0 Å². The fourth-order valence-electron chi connectivity index (χ4n) is 2.16. The van der Waals surface area contributed by atoms with Crippen LogP contribution in [-0.4, -0.2) is 18.0 Å². The lowest BCUT2D eigenvalue weighted by molar-refractivity contribution is 0.102. The van der Waals surface area contributed by atoms with E-state index in [4.69, 9.17) is 4.74 Å². The monoisotopic (exact) mass is 319 g/mol. The SMILES string of the molecule is COc1ccc(C(=O)Nc2ccc(Nc3ccccc3)nc2)cc1. The van der Waals surface area contributed by atoms with Gasteiger partial charge in [-0.05, 0) is 48.5 Å². The number of carbonyl (C=O) groups is 1. The molecule has 0 atom stereocenters. The summed E-state index contributed by atoms with van der Waals surface area (Å²) >= 11 is 0. The molecule has 3 aromatic rings. The Morgan fingerprint density at radius 2 is 1.67 bits per heavy atom. The van der Waals surface area contributed by atoms with Gasteiger partial charge in [0.05, 0.1) is 19.0 Å². The van der Waals surface area contributed by atoms with E-state index in [2.05, 4.69) is 15.6 Å². The molecule has 1 amide bonds. The van der Waals surface area contributed by atoms with E-state index in [0.717, 1.165) is 5.69 Å². The van der Waals surface area contributed by atoms with E-state index in [0.29, 0.717) is 22.8 Å². The molecule has 0 aliphatic heterocycles. The Morgan fingerprint density at radius 1 is 0.917 bits per heavy atom. The van der Waals surface area contributed by atoms with Crippen LogP contribution in [0.3, 0.4) is 0 Å². The van der Waals surface area contributed by atoms with Gasteiger partial charge in [0.15, 0.2) is 0 Å². The summed E-state index contributed by atoms with van der Waals surface area (Å²) in [6, 6.07) is 20.3. The first kappa shape index (κ1) is 15.6. The Bertz CT molecular complexity index is 800. The average molecular weight is 319 g/mol. The maximum Gasteiger partial charge on any atom is 0.255 e. The largest absolute Gasteiger partial charge is 0.497 e. The molecule has 0 saturated carbocycles. The van der Waals surface area contributed by atoms with E-state index in [1.54, 1.807) is 43.6 Å². The minimum atomic E-state index is -0.191. The molecule has 0 aliphatic carbocycles. The number of methoxy groups -OCH3 is 1. The van der Waals surface area contributed by atoms with E-state index in [1.807, 2.05) is 36.4 Å². The Balaban J connectivity index is 1.64. The van der Waals surface area contributed by atoms with Crippen molar-refractivity contribution in [2.75, 3.05) is 17.7 Å². The van der Waals surface area contributed by atoms with Crippen molar-refractivity contribution in [2.24, 2.45) is 0 Å². The van der Waals surface area contributed by atoms with Crippen LogP contribution in [-0.2, 0) is 0 Å². The summed E-state index contributed by atoms with van der Waals surface area (Å²) in [6.07, 6.45) is 1.62. The van der Waals surface area contributed by atoms with Crippen molar-refractivity contribution in [3.63, 3.8) is 0 Å². The van der Waals surface area contributed by atoms with E-state index < -0.39 is 0 Å². The number of amides is 1. The molecule has 1 heterocycles. The molecule has 0 saturated heterocycles. The Hall–Kier alpha value is -3.34. The molecule has 0 fully saturated rings. The highest BCUT2D eigenvalue weighted by atomic mass is 16.5. The first-order chi connectivity index (χ1) is 11.7. The lowest BCUT2D eigenvalue weighted by Crippen LogP contribution is -2.12. The van der Waals surface area contributed by atoms with Gasteiger partial charge in [-0.1, -0.05) is 18.2 Å². The van der Waals surface area contributed by atoms with Crippen LogP contribution in [0.1, 0.15) is 10.4 Å². The fourth-order valence-corrected chi connectivity index (χ4v) is 2.16. The van der Waals surface area contributed by atoms with Crippen LogP contribution in [0.4, 0.5) is 17.2 Å². The molecular weight excluding hydrogens is 302 g/mol. The lowest BCUT2D eigenvalue weighted by Gasteiger charge is -2.08. The van der Waals surface area contributed by atoms with Crippen molar-refractivity contribution in [2.45, 2.75) is 0 Å². The predicted octanol–water partition coefficient (Wildman–Crippen LogP) is 4.09. The van der Waals surface area contributed by atoms with E-state index >= 15 is 0 Å². The first-order valence-corrected chi connectivity index (χ1v) is 7.48. The minimum absolute atomic E-state index is 0.191. The number of benzene rings is 2. The van der Waals surface area contributed by atoms with Crippen LogP contribution >= 0.6 is 0 Å². The van der Waals surface area contributed by atoms with Crippen molar-refractivity contribution in [3.8, 4) is 5.75 Å². The van der Waals surface area contributed by atoms with Crippen molar-refractivity contribution in [3.05, 3.63) is 78.5 Å². The topological polar surface area (TPSA) is 63.2 Å². The second-order valence-electron chi connectivity index (χ2n) is 5.11. The predicted molar refractivity (Wildman–Crippen MR) is 94.9 cm³/mol. The molecule has 0 unspecified atom stereocenters. The van der Waals surface area contributed by atoms with E-state index in [-0.39, 0.29) is 5.91 Å². The molecule has 24 heavy (non-hydrogen) atoms. The Kier molecular flexibility index (Phi) is 4.72. The molecule has 0 aliphatic rings. The van der Waals surface area contributed by atoms with Gasteiger partial charge in [-0.3, -0.25) is 4.79 Å². The highest BCUT2D eigenvalue weighted by Crippen LogP contribution is 2.17. The Labute approximate surface area is 140 Å². The van der Waals surface area contributed by atoms with Crippen molar-refractivity contribution in [1.29, 1.82) is 0 Å². The lowest BCUT2D eigenvalue weighted by atomic mass is 10.2. The van der Waals surface area contributed by atoms with Gasteiger partial charge in [0.1, 0.15) is 11.6 Å². The molecule has 5 nitrogen and oxygen atoms in total. The summed E-state index contributed by atoms with van der Waals surface area (Å²) in [5.74, 6) is 1.23. The molecule has 0 spiro atoms. The smallest absolute Gasteiger partial charge is 0.255 e. The highest BCUT2D eigenvalue weighted by Gasteiger charge is 2.06. The maximum atomic E-state index is 12.2. The molecule has 3 rings (SSSR count). The quantitative estimate of drug-likeness (QED) is 0.743. The molecule has 5 heteroatoms. The Morgan fingerprint density at radius 3 is 2.29 bits per heavy atom. The van der Waals surface area contributed by atoms with Crippen LogP contribution in [0, 0.1) is 0 Å². The van der Waals surface area contributed by atoms with Gasteiger partial charge < -0.3 is 15.4 Å². The van der Waals surface area contributed by atoms with Gasteiger partial charge in [-0.2, -0.15) is 0 Å². The summed E-state index contributed by atoms with van der Waals surface area (Å²) in [4.78, 5) is 16.5. The summed E-state index contributed by atoms with van der Waals surface area (Å²) in [5, 5.41) is 6.01. The van der Waals surface area contributed by atoms with Crippen molar-refractivity contribution >= 4 is 23.1 Å². The zero-order valence-electron chi connectivity index (χ0n) is 13.2. The number of hydrogen-bond donors (Lipinski definition) is 2. The fraction of sp³-hybridized carbons (Fsp3) is 0.0526. The molecule has 0 radical (unpaired) electrons. The van der Waals surface area contributed by atoms with Gasteiger partial charge >= 0.3 is 0 Å². The van der Waals surface area contributed by atoms with Gasteiger partial charge in [-0.25, -0.2) is 4.98 Å². The average Bonchev–Trinajstić information content (AvgIpc) is 2.64. The number of hydrogen-bond acceptors (Lipinski definition) is 4. The number of nitrogens with one attached hydrogen (secondary N) is 2. The third-order valence-corrected chi connectivity index (χ3v) is 3.42. The molecular formula is C19H17N3O2. The van der Waals surface area contributed by atoms with Gasteiger partial charge in [-0.15, -0.1) is 0 Å². The number of pyridine rings is 1. The van der Waals surface area contributed by atoms with Crippen LogP contribution < -0.4 is 15.4 Å². The zero-order chi connectivity index (χ0) is 16.8. The second kappa shape index (κ2) is 7.28. The number of rotatable bonds is 5. The molecule has 120 valence electrons. The standard InChI is InChI=1S/C19H17N3O2/c1-24-17-10-7-14(8-11-17)19(23)22-16-9-12-18(20-13-16)21-15-5-3-2-4-6-15/h2-13H,1H3,(H,20,21)(H,22,23). The molecule has 2 N–H and O–H groups in total. The zero-order valence-corrected chi connectivity index (χ0v) is 13.2.